The van der Waals surface area contributed by atoms with E-state index >= 15 is 0 Å². The fourth-order valence-electron chi connectivity index (χ4n) is 3.51. The van der Waals surface area contributed by atoms with E-state index < -0.39 is 23.6 Å². The van der Waals surface area contributed by atoms with E-state index in [0.29, 0.717) is 48.9 Å². The lowest BCUT2D eigenvalue weighted by atomic mass is 10.1. The second-order valence-corrected chi connectivity index (χ2v) is 11.2. The second kappa shape index (κ2) is 13.1. The fourth-order valence-corrected chi connectivity index (χ4v) is 5.28. The minimum Gasteiger partial charge on any atom is -0.490 e. The molecule has 4 rings (SSSR count). The summed E-state index contributed by atoms with van der Waals surface area (Å²) in [7, 11) is 0. The Labute approximate surface area is 252 Å². The van der Waals surface area contributed by atoms with Crippen molar-refractivity contribution in [2.24, 2.45) is 0 Å². The zero-order chi connectivity index (χ0) is 28.1. The maximum atomic E-state index is 13.0. The third kappa shape index (κ3) is 7.29. The molecule has 3 aromatic rings. The molecule has 0 saturated carbocycles. The number of para-hydroxylation sites is 1. The molecule has 1 N–H and O–H groups in total. The first-order chi connectivity index (χ1) is 18.7. The third-order valence-electron chi connectivity index (χ3n) is 5.35. The van der Waals surface area contributed by atoms with Crippen molar-refractivity contribution in [3.63, 3.8) is 0 Å². The summed E-state index contributed by atoms with van der Waals surface area (Å²) in [5, 5.41) is 3.28. The van der Waals surface area contributed by atoms with Gasteiger partial charge in [0.15, 0.2) is 11.5 Å². The Hall–Kier alpha value is -2.69. The summed E-state index contributed by atoms with van der Waals surface area (Å²) in [4.78, 5) is 39.1. The SMILES string of the molecule is CCOc1cc(/C=C2/SC(=O)N(CC(=O)Nc3ccccc3Cl)C2=O)c(Br)cc1OCc1ccc(Cl)c(Cl)c1. The predicted molar refractivity (Wildman–Crippen MR) is 159 cm³/mol. The molecule has 12 heteroatoms. The van der Waals surface area contributed by atoms with E-state index in [0.717, 1.165) is 22.2 Å². The molecule has 1 saturated heterocycles. The Bertz CT molecular complexity index is 1480. The number of benzene rings is 3. The number of thioether (sulfide) groups is 1. The smallest absolute Gasteiger partial charge is 0.294 e. The van der Waals surface area contributed by atoms with Gasteiger partial charge < -0.3 is 14.8 Å². The predicted octanol–water partition coefficient (Wildman–Crippen LogP) is 8.06. The van der Waals surface area contributed by atoms with Crippen LogP contribution in [0.1, 0.15) is 18.1 Å². The van der Waals surface area contributed by atoms with Crippen LogP contribution in [-0.2, 0) is 16.2 Å². The quantitative estimate of drug-likeness (QED) is 0.232. The summed E-state index contributed by atoms with van der Waals surface area (Å²) in [5.41, 5.74) is 1.80. The molecule has 39 heavy (non-hydrogen) atoms. The average molecular weight is 671 g/mol. The first-order valence-electron chi connectivity index (χ1n) is 11.5. The maximum absolute atomic E-state index is 13.0. The molecule has 1 aliphatic heterocycles. The van der Waals surface area contributed by atoms with Crippen LogP contribution in [0.15, 0.2) is 64.0 Å². The van der Waals surface area contributed by atoms with Gasteiger partial charge in [-0.2, -0.15) is 0 Å². The number of nitrogens with zero attached hydrogens (tertiary/aromatic N) is 1. The first kappa shape index (κ1) is 29.3. The Balaban J connectivity index is 1.50. The number of hydrogen-bond donors (Lipinski definition) is 1. The Morgan fingerprint density at radius 1 is 1.00 bits per heavy atom. The molecule has 0 spiro atoms. The largest absolute Gasteiger partial charge is 0.490 e. The van der Waals surface area contributed by atoms with Crippen LogP contribution in [0.2, 0.25) is 15.1 Å². The zero-order valence-corrected chi connectivity index (χ0v) is 25.0. The van der Waals surface area contributed by atoms with Crippen LogP contribution in [0.25, 0.3) is 6.08 Å². The van der Waals surface area contributed by atoms with E-state index in [4.69, 9.17) is 44.3 Å². The Kier molecular flexibility index (Phi) is 9.85. The number of rotatable bonds is 9. The van der Waals surface area contributed by atoms with Gasteiger partial charge in [0.1, 0.15) is 13.2 Å². The van der Waals surface area contributed by atoms with Gasteiger partial charge in [0, 0.05) is 4.47 Å². The number of ether oxygens (including phenoxy) is 2. The number of halogens is 4. The van der Waals surface area contributed by atoms with Crippen molar-refractivity contribution in [3.8, 4) is 11.5 Å². The first-order valence-corrected chi connectivity index (χ1v) is 14.2. The summed E-state index contributed by atoms with van der Waals surface area (Å²) in [6.45, 7) is 1.99. The highest BCUT2D eigenvalue weighted by Gasteiger charge is 2.36. The monoisotopic (exact) mass is 668 g/mol. The topological polar surface area (TPSA) is 84.9 Å². The van der Waals surface area contributed by atoms with Crippen molar-refractivity contribution in [2.45, 2.75) is 13.5 Å². The Morgan fingerprint density at radius 3 is 2.46 bits per heavy atom. The molecule has 202 valence electrons. The highest BCUT2D eigenvalue weighted by molar-refractivity contribution is 9.10. The van der Waals surface area contributed by atoms with Crippen LogP contribution in [0.3, 0.4) is 0 Å². The van der Waals surface area contributed by atoms with Gasteiger partial charge in [0.2, 0.25) is 5.91 Å². The number of nitrogens with one attached hydrogen (secondary N) is 1. The van der Waals surface area contributed by atoms with E-state index in [1.807, 2.05) is 13.0 Å². The van der Waals surface area contributed by atoms with Gasteiger partial charge in [0.05, 0.1) is 32.3 Å². The van der Waals surface area contributed by atoms with Crippen LogP contribution in [0, 0.1) is 0 Å². The lowest BCUT2D eigenvalue weighted by molar-refractivity contribution is -0.127. The lowest BCUT2D eigenvalue weighted by Crippen LogP contribution is -2.36. The standard InChI is InChI=1S/C27H20BrCl3N2O5S/c1-2-37-22-10-16(17(28)12-23(22)38-14-15-7-8-18(29)20(31)9-15)11-24-26(35)33(27(36)39-24)13-25(34)32-21-6-4-3-5-19(21)30/h3-12H,2,13-14H2,1H3,(H,32,34)/b24-11+. The van der Waals surface area contributed by atoms with Crippen LogP contribution >= 0.6 is 62.5 Å². The molecule has 1 aliphatic rings. The minimum absolute atomic E-state index is 0.165. The van der Waals surface area contributed by atoms with Crippen LogP contribution in [0.4, 0.5) is 10.5 Å². The summed E-state index contributed by atoms with van der Waals surface area (Å²) >= 11 is 22.4. The van der Waals surface area contributed by atoms with Gasteiger partial charge in [0.25, 0.3) is 11.1 Å². The number of amides is 3. The molecule has 3 aromatic carbocycles. The van der Waals surface area contributed by atoms with Gasteiger partial charge in [-0.3, -0.25) is 19.3 Å². The molecule has 1 fully saturated rings. The molecular formula is C27H20BrCl3N2O5S. The molecule has 0 radical (unpaired) electrons. The average Bonchev–Trinajstić information content (AvgIpc) is 3.15. The number of anilines is 1. The van der Waals surface area contributed by atoms with Crippen molar-refractivity contribution in [3.05, 3.63) is 90.2 Å². The van der Waals surface area contributed by atoms with Crippen LogP contribution in [-0.4, -0.2) is 35.1 Å². The lowest BCUT2D eigenvalue weighted by Gasteiger charge is -2.15. The maximum Gasteiger partial charge on any atom is 0.294 e. The van der Waals surface area contributed by atoms with Crippen molar-refractivity contribution < 1.29 is 23.9 Å². The van der Waals surface area contributed by atoms with Gasteiger partial charge >= 0.3 is 0 Å². The number of imide groups is 1. The molecule has 7 nitrogen and oxygen atoms in total. The summed E-state index contributed by atoms with van der Waals surface area (Å²) < 4.78 is 12.3. The molecule has 0 unspecified atom stereocenters. The van der Waals surface area contributed by atoms with Crippen molar-refractivity contribution >= 4 is 91.3 Å². The molecule has 3 amide bonds. The van der Waals surface area contributed by atoms with Gasteiger partial charge in [-0.25, -0.2) is 0 Å². The van der Waals surface area contributed by atoms with E-state index in [2.05, 4.69) is 21.2 Å². The number of carbonyl (C=O) groups is 3. The van der Waals surface area contributed by atoms with Crippen LogP contribution < -0.4 is 14.8 Å². The molecule has 1 heterocycles. The zero-order valence-electron chi connectivity index (χ0n) is 20.3. The molecule has 0 aromatic heterocycles. The second-order valence-electron chi connectivity index (χ2n) is 8.09. The van der Waals surface area contributed by atoms with E-state index in [-0.39, 0.29) is 11.5 Å². The molecule has 0 bridgehead atoms. The van der Waals surface area contributed by atoms with E-state index in [1.54, 1.807) is 54.6 Å². The van der Waals surface area contributed by atoms with E-state index in [1.165, 1.54) is 0 Å². The number of carbonyl (C=O) groups excluding carboxylic acids is 3. The highest BCUT2D eigenvalue weighted by Crippen LogP contribution is 2.38. The van der Waals surface area contributed by atoms with Gasteiger partial charge in [-0.1, -0.05) is 68.9 Å². The molecular weight excluding hydrogens is 651 g/mol. The van der Waals surface area contributed by atoms with Crippen molar-refractivity contribution in [1.29, 1.82) is 0 Å². The van der Waals surface area contributed by atoms with Crippen LogP contribution in [0.5, 0.6) is 11.5 Å². The summed E-state index contributed by atoms with van der Waals surface area (Å²) in [6, 6.07) is 15.3. The normalized spacial score (nSPS) is 14.2. The van der Waals surface area contributed by atoms with Crippen molar-refractivity contribution in [1.82, 2.24) is 4.90 Å². The van der Waals surface area contributed by atoms with E-state index in [9.17, 15) is 14.4 Å². The molecule has 0 atom stereocenters. The van der Waals surface area contributed by atoms with Crippen molar-refractivity contribution in [2.75, 3.05) is 18.5 Å². The molecule has 0 aliphatic carbocycles. The summed E-state index contributed by atoms with van der Waals surface area (Å²) in [5.74, 6) is -0.208. The summed E-state index contributed by atoms with van der Waals surface area (Å²) in [6.07, 6.45) is 1.56. The van der Waals surface area contributed by atoms with Gasteiger partial charge in [-0.15, -0.1) is 0 Å². The Morgan fingerprint density at radius 2 is 1.74 bits per heavy atom. The van der Waals surface area contributed by atoms with Gasteiger partial charge in [-0.05, 0) is 72.3 Å². The minimum atomic E-state index is -0.580. The third-order valence-corrected chi connectivity index (χ3v) is 8.01. The fraction of sp³-hybridized carbons (Fsp3) is 0.148. The highest BCUT2D eigenvalue weighted by atomic mass is 79.9. The number of hydrogen-bond acceptors (Lipinski definition) is 6.